The lowest BCUT2D eigenvalue weighted by Crippen LogP contribution is -2.06. The van der Waals surface area contributed by atoms with Crippen molar-refractivity contribution in [3.8, 4) is 0 Å². The highest BCUT2D eigenvalue weighted by Crippen LogP contribution is 2.33. The van der Waals surface area contributed by atoms with Gasteiger partial charge in [0.2, 0.25) is 0 Å². The first-order chi connectivity index (χ1) is 13.5. The molecule has 28 heavy (non-hydrogen) atoms. The molecule has 0 radical (unpaired) electrons. The van der Waals surface area contributed by atoms with Crippen LogP contribution >= 0.6 is 23.2 Å². The first-order valence-electron chi connectivity index (χ1n) is 8.47. The second-order valence-electron chi connectivity index (χ2n) is 6.19. The molecule has 0 atom stereocenters. The van der Waals surface area contributed by atoms with E-state index in [9.17, 15) is 0 Å². The van der Waals surface area contributed by atoms with E-state index in [0.717, 1.165) is 22.3 Å². The molecule has 0 spiro atoms. The summed E-state index contributed by atoms with van der Waals surface area (Å²) < 4.78 is 0. The van der Waals surface area contributed by atoms with Gasteiger partial charge in [-0.3, -0.25) is 4.98 Å². The number of aromatic nitrogens is 3. The van der Waals surface area contributed by atoms with E-state index in [1.165, 1.54) is 6.33 Å². The second-order valence-corrected chi connectivity index (χ2v) is 7.03. The fourth-order valence-corrected chi connectivity index (χ4v) is 3.24. The van der Waals surface area contributed by atoms with Crippen molar-refractivity contribution in [1.82, 2.24) is 15.0 Å². The Bertz CT molecular complexity index is 1180. The Balaban J connectivity index is 1.69. The molecule has 2 heterocycles. The molecule has 0 saturated carbocycles. The minimum Gasteiger partial charge on any atom is -0.393 e. The number of anilines is 5. The first-order valence-corrected chi connectivity index (χ1v) is 9.23. The Labute approximate surface area is 171 Å². The zero-order valence-corrected chi connectivity index (χ0v) is 16.4. The molecular formula is C20H16Cl2N6. The molecule has 0 aliphatic carbocycles. The number of nitrogens with one attached hydrogen (secondary N) is 2. The quantitative estimate of drug-likeness (QED) is 0.399. The number of nitrogen functional groups attached to an aromatic ring is 1. The molecule has 0 aliphatic heterocycles. The van der Waals surface area contributed by atoms with Crippen LogP contribution in [-0.2, 0) is 0 Å². The van der Waals surface area contributed by atoms with Gasteiger partial charge >= 0.3 is 0 Å². The summed E-state index contributed by atoms with van der Waals surface area (Å²) in [5.41, 5.74) is 9.87. The van der Waals surface area contributed by atoms with Gasteiger partial charge < -0.3 is 16.4 Å². The lowest BCUT2D eigenvalue weighted by atomic mass is 10.1. The highest BCUT2D eigenvalue weighted by molar-refractivity contribution is 6.36. The number of para-hydroxylation sites is 1. The van der Waals surface area contributed by atoms with E-state index in [1.54, 1.807) is 18.2 Å². The number of fused-ring (bicyclic) bond motifs is 1. The Kier molecular flexibility index (Phi) is 4.90. The van der Waals surface area contributed by atoms with Crippen molar-refractivity contribution in [3.05, 3.63) is 70.6 Å². The van der Waals surface area contributed by atoms with E-state index >= 15 is 0 Å². The molecule has 4 aromatic rings. The lowest BCUT2D eigenvalue weighted by Gasteiger charge is -2.14. The average molecular weight is 411 g/mol. The van der Waals surface area contributed by atoms with Crippen molar-refractivity contribution in [1.29, 1.82) is 0 Å². The summed E-state index contributed by atoms with van der Waals surface area (Å²) in [5.74, 6) is 0.907. The SMILES string of the molecule is Cc1ccc2cccc(Nc3ncnc(Nc4ccc(Cl)cc4Cl)c3N)c2n1. The van der Waals surface area contributed by atoms with Crippen LogP contribution in [0.15, 0.2) is 54.9 Å². The van der Waals surface area contributed by atoms with Gasteiger partial charge in [0.25, 0.3) is 0 Å². The van der Waals surface area contributed by atoms with Crippen LogP contribution < -0.4 is 16.4 Å². The number of hydrogen-bond donors (Lipinski definition) is 3. The molecule has 0 amide bonds. The molecule has 6 nitrogen and oxygen atoms in total. The van der Waals surface area contributed by atoms with E-state index in [2.05, 4.69) is 25.6 Å². The summed E-state index contributed by atoms with van der Waals surface area (Å²) in [4.78, 5) is 13.1. The maximum Gasteiger partial charge on any atom is 0.159 e. The number of benzene rings is 2. The zero-order valence-electron chi connectivity index (χ0n) is 14.9. The molecule has 4 N–H and O–H groups in total. The fourth-order valence-electron chi connectivity index (χ4n) is 2.79. The summed E-state index contributed by atoms with van der Waals surface area (Å²) in [6.45, 7) is 1.95. The molecule has 2 aromatic heterocycles. The number of pyridine rings is 1. The number of nitrogens with two attached hydrogens (primary N) is 1. The van der Waals surface area contributed by atoms with Gasteiger partial charge in [-0.05, 0) is 37.3 Å². The van der Waals surface area contributed by atoms with E-state index in [0.29, 0.717) is 33.1 Å². The maximum absolute atomic E-state index is 6.29. The Morgan fingerprint density at radius 2 is 1.64 bits per heavy atom. The molecule has 4 rings (SSSR count). The van der Waals surface area contributed by atoms with Gasteiger partial charge in [0.05, 0.1) is 21.9 Å². The number of aryl methyl sites for hydroxylation is 1. The maximum atomic E-state index is 6.29. The minimum atomic E-state index is 0.359. The highest BCUT2D eigenvalue weighted by Gasteiger charge is 2.12. The summed E-state index contributed by atoms with van der Waals surface area (Å²) >= 11 is 12.2. The van der Waals surface area contributed by atoms with Crippen molar-refractivity contribution >= 4 is 62.8 Å². The van der Waals surface area contributed by atoms with Crippen molar-refractivity contribution in [3.63, 3.8) is 0 Å². The average Bonchev–Trinajstić information content (AvgIpc) is 2.67. The summed E-state index contributed by atoms with van der Waals surface area (Å²) in [6, 6.07) is 15.0. The van der Waals surface area contributed by atoms with Crippen LogP contribution in [0.25, 0.3) is 10.9 Å². The molecule has 0 saturated heterocycles. The lowest BCUT2D eigenvalue weighted by molar-refractivity contribution is 1.17. The topological polar surface area (TPSA) is 88.8 Å². The van der Waals surface area contributed by atoms with Crippen LogP contribution in [0.2, 0.25) is 10.0 Å². The van der Waals surface area contributed by atoms with E-state index in [-0.39, 0.29) is 0 Å². The molecule has 0 unspecified atom stereocenters. The smallest absolute Gasteiger partial charge is 0.159 e. The highest BCUT2D eigenvalue weighted by atomic mass is 35.5. The normalized spacial score (nSPS) is 10.8. The Hall–Kier alpha value is -3.09. The molecular weight excluding hydrogens is 395 g/mol. The van der Waals surface area contributed by atoms with Gasteiger partial charge in [-0.1, -0.05) is 41.4 Å². The van der Waals surface area contributed by atoms with E-state index < -0.39 is 0 Å². The van der Waals surface area contributed by atoms with Crippen LogP contribution in [0.4, 0.5) is 28.7 Å². The van der Waals surface area contributed by atoms with Gasteiger partial charge in [-0.15, -0.1) is 0 Å². The number of hydrogen-bond acceptors (Lipinski definition) is 6. The molecule has 0 bridgehead atoms. The predicted octanol–water partition coefficient (Wildman–Crippen LogP) is 5.71. The fraction of sp³-hybridized carbons (Fsp3) is 0.0500. The van der Waals surface area contributed by atoms with Crippen molar-refractivity contribution in [2.24, 2.45) is 0 Å². The van der Waals surface area contributed by atoms with Gasteiger partial charge in [0.15, 0.2) is 11.6 Å². The molecule has 2 aromatic carbocycles. The molecule has 0 aliphatic rings. The van der Waals surface area contributed by atoms with Gasteiger partial charge in [-0.2, -0.15) is 0 Å². The molecule has 140 valence electrons. The van der Waals surface area contributed by atoms with Gasteiger partial charge in [0, 0.05) is 16.1 Å². The monoisotopic (exact) mass is 410 g/mol. The Morgan fingerprint density at radius 1 is 0.893 bits per heavy atom. The Morgan fingerprint density at radius 3 is 2.39 bits per heavy atom. The summed E-state index contributed by atoms with van der Waals surface area (Å²) in [6.07, 6.45) is 1.43. The summed E-state index contributed by atoms with van der Waals surface area (Å²) in [5, 5.41) is 8.42. The molecule has 0 fully saturated rings. The van der Waals surface area contributed by atoms with Crippen LogP contribution in [0.5, 0.6) is 0 Å². The first kappa shape index (κ1) is 18.3. The summed E-state index contributed by atoms with van der Waals surface area (Å²) in [7, 11) is 0. The van der Waals surface area contributed by atoms with Crippen molar-refractivity contribution in [2.75, 3.05) is 16.4 Å². The van der Waals surface area contributed by atoms with E-state index in [1.807, 2.05) is 37.3 Å². The van der Waals surface area contributed by atoms with Gasteiger partial charge in [-0.25, -0.2) is 9.97 Å². The van der Waals surface area contributed by atoms with Crippen molar-refractivity contribution < 1.29 is 0 Å². The van der Waals surface area contributed by atoms with E-state index in [4.69, 9.17) is 28.9 Å². The number of nitrogens with zero attached hydrogens (tertiary/aromatic N) is 3. The number of rotatable bonds is 4. The third-order valence-electron chi connectivity index (χ3n) is 4.18. The minimum absolute atomic E-state index is 0.359. The van der Waals surface area contributed by atoms with Crippen LogP contribution in [0.3, 0.4) is 0 Å². The number of halogens is 2. The van der Waals surface area contributed by atoms with Crippen molar-refractivity contribution in [2.45, 2.75) is 6.92 Å². The third-order valence-corrected chi connectivity index (χ3v) is 4.73. The van der Waals surface area contributed by atoms with Crippen LogP contribution in [0.1, 0.15) is 5.69 Å². The standard InChI is InChI=1S/C20H16Cl2N6/c1-11-5-6-12-3-2-4-16(18(12)26-11)28-20-17(23)19(24-10-25-20)27-15-8-7-13(21)9-14(15)22/h2-10H,23H2,1H3,(H2,24,25,27,28). The zero-order chi connectivity index (χ0) is 19.7. The van der Waals surface area contributed by atoms with Gasteiger partial charge in [0.1, 0.15) is 12.0 Å². The largest absolute Gasteiger partial charge is 0.393 e. The van der Waals surface area contributed by atoms with Crippen LogP contribution in [0, 0.1) is 6.92 Å². The third kappa shape index (κ3) is 3.65. The van der Waals surface area contributed by atoms with Crippen LogP contribution in [-0.4, -0.2) is 15.0 Å². The predicted molar refractivity (Wildman–Crippen MR) is 116 cm³/mol. The second kappa shape index (κ2) is 7.50. The molecule has 8 heteroatoms.